The highest BCUT2D eigenvalue weighted by Crippen LogP contribution is 2.17. The number of piperazine rings is 1. The molecule has 6 nitrogen and oxygen atoms in total. The SMILES string of the molecule is COc1cccc(NC(=S)N2CC[NH+](CC(=O)N3CCCCCC3)CC2)c1. The topological polar surface area (TPSA) is 49.3 Å². The van der Waals surface area contributed by atoms with Crippen molar-refractivity contribution >= 4 is 28.9 Å². The van der Waals surface area contributed by atoms with Crippen LogP contribution in [0.1, 0.15) is 25.7 Å². The number of benzene rings is 1. The number of hydrogen-bond acceptors (Lipinski definition) is 3. The first kappa shape index (κ1) is 19.9. The number of thiocarbonyl (C=S) groups is 1. The Bertz CT molecular complexity index is 639. The monoisotopic (exact) mass is 391 g/mol. The van der Waals surface area contributed by atoms with Gasteiger partial charge in [0.15, 0.2) is 11.7 Å². The minimum absolute atomic E-state index is 0.317. The number of quaternary nitrogens is 1. The number of nitrogens with zero attached hydrogens (tertiary/aromatic N) is 2. The summed E-state index contributed by atoms with van der Waals surface area (Å²) in [5.41, 5.74) is 0.936. The molecule has 2 aliphatic heterocycles. The maximum Gasteiger partial charge on any atom is 0.277 e. The summed E-state index contributed by atoms with van der Waals surface area (Å²) in [6, 6.07) is 7.78. The van der Waals surface area contributed by atoms with E-state index in [1.165, 1.54) is 17.7 Å². The standard InChI is InChI=1S/C20H30N4O2S/c1-26-18-8-6-7-17(15-18)21-20(27)24-13-11-22(12-14-24)16-19(25)23-9-4-2-3-5-10-23/h6-8,15H,2-5,9-14,16H2,1H3,(H,21,27)/p+1. The van der Waals surface area contributed by atoms with Crippen LogP contribution in [0.25, 0.3) is 0 Å². The average molecular weight is 392 g/mol. The smallest absolute Gasteiger partial charge is 0.277 e. The highest BCUT2D eigenvalue weighted by Gasteiger charge is 2.26. The molecule has 0 aromatic heterocycles. The summed E-state index contributed by atoms with van der Waals surface area (Å²) in [6.07, 6.45) is 4.82. The molecule has 0 unspecified atom stereocenters. The highest BCUT2D eigenvalue weighted by atomic mass is 32.1. The van der Waals surface area contributed by atoms with Crippen LogP contribution in [0.2, 0.25) is 0 Å². The van der Waals surface area contributed by atoms with E-state index in [2.05, 4.69) is 15.1 Å². The summed E-state index contributed by atoms with van der Waals surface area (Å²) in [5.74, 6) is 1.13. The van der Waals surface area contributed by atoms with Crippen molar-refractivity contribution in [3.05, 3.63) is 24.3 Å². The van der Waals surface area contributed by atoms with Gasteiger partial charge in [-0.3, -0.25) is 4.79 Å². The van der Waals surface area contributed by atoms with Crippen molar-refractivity contribution < 1.29 is 14.4 Å². The zero-order valence-corrected chi connectivity index (χ0v) is 17.0. The minimum atomic E-state index is 0.317. The molecular formula is C20H31N4O2S+. The van der Waals surface area contributed by atoms with Crippen LogP contribution >= 0.6 is 12.2 Å². The van der Waals surface area contributed by atoms with Gasteiger partial charge in [0, 0.05) is 24.8 Å². The van der Waals surface area contributed by atoms with E-state index in [0.29, 0.717) is 12.5 Å². The lowest BCUT2D eigenvalue weighted by atomic mass is 10.2. The van der Waals surface area contributed by atoms with Gasteiger partial charge in [-0.15, -0.1) is 0 Å². The summed E-state index contributed by atoms with van der Waals surface area (Å²) in [7, 11) is 1.66. The Morgan fingerprint density at radius 1 is 1.11 bits per heavy atom. The van der Waals surface area contributed by atoms with E-state index in [0.717, 1.165) is 68.7 Å². The lowest BCUT2D eigenvalue weighted by Crippen LogP contribution is -3.15. The fourth-order valence-corrected chi connectivity index (χ4v) is 4.05. The highest BCUT2D eigenvalue weighted by molar-refractivity contribution is 7.80. The molecule has 0 atom stereocenters. The van der Waals surface area contributed by atoms with E-state index in [9.17, 15) is 4.79 Å². The second-order valence-electron chi connectivity index (χ2n) is 7.37. The molecule has 148 valence electrons. The Balaban J connectivity index is 1.43. The van der Waals surface area contributed by atoms with Gasteiger partial charge >= 0.3 is 0 Å². The van der Waals surface area contributed by atoms with Crippen LogP contribution in [0.4, 0.5) is 5.69 Å². The van der Waals surface area contributed by atoms with Crippen LogP contribution in [0.3, 0.4) is 0 Å². The number of carbonyl (C=O) groups excluding carboxylic acids is 1. The van der Waals surface area contributed by atoms with E-state index < -0.39 is 0 Å². The molecule has 3 rings (SSSR count). The van der Waals surface area contributed by atoms with Gasteiger partial charge in [0.05, 0.1) is 33.3 Å². The molecule has 0 bridgehead atoms. The zero-order valence-electron chi connectivity index (χ0n) is 16.2. The van der Waals surface area contributed by atoms with Crippen molar-refractivity contribution in [1.82, 2.24) is 9.80 Å². The number of nitrogens with one attached hydrogen (secondary N) is 2. The van der Waals surface area contributed by atoms with E-state index in [1.807, 2.05) is 24.3 Å². The van der Waals surface area contributed by atoms with Crippen LogP contribution in [0.5, 0.6) is 5.75 Å². The predicted octanol–water partition coefficient (Wildman–Crippen LogP) is 0.995. The second kappa shape index (κ2) is 9.90. The van der Waals surface area contributed by atoms with Gasteiger partial charge in [-0.05, 0) is 37.2 Å². The number of carbonyl (C=O) groups is 1. The van der Waals surface area contributed by atoms with Crippen LogP contribution in [-0.4, -0.2) is 73.7 Å². The average Bonchev–Trinajstić information content (AvgIpc) is 2.98. The molecule has 2 N–H and O–H groups in total. The lowest BCUT2D eigenvalue weighted by molar-refractivity contribution is -0.896. The first-order valence-electron chi connectivity index (χ1n) is 9.97. The Kier molecular flexibility index (Phi) is 7.29. The van der Waals surface area contributed by atoms with E-state index >= 15 is 0 Å². The summed E-state index contributed by atoms with van der Waals surface area (Å²) < 4.78 is 5.25. The molecule has 7 heteroatoms. The van der Waals surface area contributed by atoms with Gasteiger partial charge in [0.25, 0.3) is 5.91 Å². The van der Waals surface area contributed by atoms with Gasteiger partial charge in [0.2, 0.25) is 0 Å². The van der Waals surface area contributed by atoms with Crippen molar-refractivity contribution in [2.45, 2.75) is 25.7 Å². The van der Waals surface area contributed by atoms with Crippen molar-refractivity contribution in [2.75, 3.05) is 58.2 Å². The molecule has 0 spiro atoms. The zero-order chi connectivity index (χ0) is 19.1. The van der Waals surface area contributed by atoms with Gasteiger partial charge in [-0.25, -0.2) is 0 Å². The summed E-state index contributed by atoms with van der Waals surface area (Å²) in [4.78, 5) is 18.2. The van der Waals surface area contributed by atoms with E-state index in [-0.39, 0.29) is 0 Å². The molecular weight excluding hydrogens is 360 g/mol. The Morgan fingerprint density at radius 3 is 2.48 bits per heavy atom. The van der Waals surface area contributed by atoms with Crippen molar-refractivity contribution in [3.8, 4) is 5.75 Å². The third-order valence-corrected chi connectivity index (χ3v) is 5.80. The molecule has 0 aliphatic carbocycles. The van der Waals surface area contributed by atoms with Gasteiger partial charge < -0.3 is 24.8 Å². The number of amides is 1. The molecule has 1 aromatic carbocycles. The van der Waals surface area contributed by atoms with Crippen LogP contribution in [0.15, 0.2) is 24.3 Å². The predicted molar refractivity (Wildman–Crippen MR) is 111 cm³/mol. The van der Waals surface area contributed by atoms with Crippen molar-refractivity contribution in [3.63, 3.8) is 0 Å². The van der Waals surface area contributed by atoms with Gasteiger partial charge in [-0.2, -0.15) is 0 Å². The minimum Gasteiger partial charge on any atom is -0.497 e. The summed E-state index contributed by atoms with van der Waals surface area (Å²) in [6.45, 7) is 6.12. The Hall–Kier alpha value is -1.86. The van der Waals surface area contributed by atoms with Crippen LogP contribution in [0, 0.1) is 0 Å². The Morgan fingerprint density at radius 2 is 1.81 bits per heavy atom. The number of anilines is 1. The van der Waals surface area contributed by atoms with Crippen molar-refractivity contribution in [2.24, 2.45) is 0 Å². The Labute approximate surface area is 167 Å². The normalized spacial score (nSPS) is 18.7. The fraction of sp³-hybridized carbons (Fsp3) is 0.600. The molecule has 0 radical (unpaired) electrons. The number of methoxy groups -OCH3 is 1. The first-order chi connectivity index (χ1) is 13.2. The third-order valence-electron chi connectivity index (χ3n) is 5.44. The number of rotatable bonds is 4. The largest absolute Gasteiger partial charge is 0.497 e. The number of likely N-dealkylation sites (tertiary alicyclic amines) is 1. The molecule has 1 amide bonds. The molecule has 27 heavy (non-hydrogen) atoms. The molecule has 2 saturated heterocycles. The summed E-state index contributed by atoms with van der Waals surface area (Å²) in [5, 5.41) is 4.03. The quantitative estimate of drug-likeness (QED) is 0.750. The lowest BCUT2D eigenvalue weighted by Gasteiger charge is -2.34. The van der Waals surface area contributed by atoms with E-state index in [4.69, 9.17) is 17.0 Å². The fourth-order valence-electron chi connectivity index (χ4n) is 3.75. The summed E-state index contributed by atoms with van der Waals surface area (Å²) >= 11 is 5.57. The van der Waals surface area contributed by atoms with E-state index in [1.54, 1.807) is 7.11 Å². The molecule has 2 aliphatic rings. The number of hydrogen-bond donors (Lipinski definition) is 2. The second-order valence-corrected chi connectivity index (χ2v) is 7.76. The molecule has 1 aromatic rings. The third kappa shape index (κ3) is 5.81. The van der Waals surface area contributed by atoms with Crippen LogP contribution < -0.4 is 15.0 Å². The molecule has 0 saturated carbocycles. The maximum atomic E-state index is 12.6. The van der Waals surface area contributed by atoms with Crippen LogP contribution in [-0.2, 0) is 4.79 Å². The van der Waals surface area contributed by atoms with Crippen molar-refractivity contribution in [1.29, 1.82) is 0 Å². The maximum absolute atomic E-state index is 12.6. The van der Waals surface area contributed by atoms with Gasteiger partial charge in [0.1, 0.15) is 5.75 Å². The van der Waals surface area contributed by atoms with Gasteiger partial charge in [-0.1, -0.05) is 18.9 Å². The first-order valence-corrected chi connectivity index (χ1v) is 10.4. The number of ether oxygens (including phenoxy) is 1. The molecule has 2 fully saturated rings. The molecule has 2 heterocycles.